The zero-order valence-electron chi connectivity index (χ0n) is 8.16. The minimum Gasteiger partial charge on any atom is -0.480 e. The Morgan fingerprint density at radius 3 is 2.79 bits per heavy atom. The van der Waals surface area contributed by atoms with E-state index in [1.807, 2.05) is 0 Å². The number of amides is 1. The van der Waals surface area contributed by atoms with Gasteiger partial charge in [0.1, 0.15) is 6.04 Å². The Morgan fingerprint density at radius 2 is 2.36 bits per heavy atom. The SMILES string of the molecule is CC[C@@H](NC(=O)[C@H]1CCOC1)C(=O)O. The first-order valence-electron chi connectivity index (χ1n) is 4.76. The van der Waals surface area contributed by atoms with Gasteiger partial charge in [-0.3, -0.25) is 4.79 Å². The first kappa shape index (κ1) is 11.0. The van der Waals surface area contributed by atoms with Crippen molar-refractivity contribution in [3.8, 4) is 0 Å². The van der Waals surface area contributed by atoms with Crippen molar-refractivity contribution in [1.82, 2.24) is 5.32 Å². The lowest BCUT2D eigenvalue weighted by molar-refractivity contribution is -0.142. The largest absolute Gasteiger partial charge is 0.480 e. The number of carboxylic acids is 1. The van der Waals surface area contributed by atoms with Crippen LogP contribution in [-0.4, -0.2) is 36.2 Å². The molecule has 1 amide bonds. The third kappa shape index (κ3) is 2.70. The molecule has 1 heterocycles. The molecule has 2 atom stereocenters. The fourth-order valence-electron chi connectivity index (χ4n) is 1.37. The maximum atomic E-state index is 11.5. The highest BCUT2D eigenvalue weighted by Crippen LogP contribution is 2.12. The molecule has 0 saturated carbocycles. The predicted molar refractivity (Wildman–Crippen MR) is 48.8 cm³/mol. The van der Waals surface area contributed by atoms with Gasteiger partial charge in [0.05, 0.1) is 12.5 Å². The van der Waals surface area contributed by atoms with E-state index in [9.17, 15) is 9.59 Å². The third-order valence-corrected chi connectivity index (χ3v) is 2.32. The van der Waals surface area contributed by atoms with Gasteiger partial charge in [0.2, 0.25) is 5.91 Å². The average Bonchev–Trinajstić information content (AvgIpc) is 2.65. The van der Waals surface area contributed by atoms with E-state index in [2.05, 4.69) is 5.32 Å². The molecule has 80 valence electrons. The van der Waals surface area contributed by atoms with E-state index < -0.39 is 12.0 Å². The minimum absolute atomic E-state index is 0.177. The van der Waals surface area contributed by atoms with Gasteiger partial charge >= 0.3 is 5.97 Å². The first-order chi connectivity index (χ1) is 6.65. The fraction of sp³-hybridized carbons (Fsp3) is 0.778. The van der Waals surface area contributed by atoms with Gasteiger partial charge in [-0.05, 0) is 12.8 Å². The van der Waals surface area contributed by atoms with Crippen LogP contribution in [0.4, 0.5) is 0 Å². The second kappa shape index (κ2) is 4.95. The van der Waals surface area contributed by atoms with Crippen molar-refractivity contribution in [3.05, 3.63) is 0 Å². The van der Waals surface area contributed by atoms with Crippen LogP contribution in [0.5, 0.6) is 0 Å². The van der Waals surface area contributed by atoms with Crippen LogP contribution in [0.3, 0.4) is 0 Å². The number of hydrogen-bond acceptors (Lipinski definition) is 3. The number of ether oxygens (including phenoxy) is 1. The molecule has 5 nitrogen and oxygen atoms in total. The number of rotatable bonds is 4. The Bertz CT molecular complexity index is 223. The Balaban J connectivity index is 2.41. The van der Waals surface area contributed by atoms with Crippen LogP contribution in [0.15, 0.2) is 0 Å². The van der Waals surface area contributed by atoms with Gasteiger partial charge in [0.25, 0.3) is 0 Å². The van der Waals surface area contributed by atoms with Gasteiger partial charge in [-0.15, -0.1) is 0 Å². The highest BCUT2D eigenvalue weighted by Gasteiger charge is 2.26. The van der Waals surface area contributed by atoms with Gasteiger partial charge in [-0.2, -0.15) is 0 Å². The predicted octanol–water partition coefficient (Wildman–Crippen LogP) is 0.00230. The van der Waals surface area contributed by atoms with Crippen molar-refractivity contribution < 1.29 is 19.4 Å². The molecule has 0 bridgehead atoms. The van der Waals surface area contributed by atoms with Gasteiger partial charge in [-0.1, -0.05) is 6.92 Å². The summed E-state index contributed by atoms with van der Waals surface area (Å²) >= 11 is 0. The summed E-state index contributed by atoms with van der Waals surface area (Å²) < 4.78 is 5.05. The molecule has 0 radical (unpaired) electrons. The van der Waals surface area contributed by atoms with E-state index >= 15 is 0 Å². The second-order valence-electron chi connectivity index (χ2n) is 3.37. The number of carboxylic acid groups (broad SMARTS) is 1. The Kier molecular flexibility index (Phi) is 3.88. The number of carbonyl (C=O) groups excluding carboxylic acids is 1. The van der Waals surface area contributed by atoms with Gasteiger partial charge in [0, 0.05) is 6.61 Å². The van der Waals surface area contributed by atoms with Crippen LogP contribution in [-0.2, 0) is 14.3 Å². The molecule has 1 rings (SSSR count). The van der Waals surface area contributed by atoms with Gasteiger partial charge < -0.3 is 15.2 Å². The normalized spacial score (nSPS) is 23.1. The lowest BCUT2D eigenvalue weighted by Crippen LogP contribution is -2.43. The molecular formula is C9H15NO4. The Morgan fingerprint density at radius 1 is 1.64 bits per heavy atom. The van der Waals surface area contributed by atoms with Crippen LogP contribution >= 0.6 is 0 Å². The summed E-state index contributed by atoms with van der Waals surface area (Å²) in [7, 11) is 0. The third-order valence-electron chi connectivity index (χ3n) is 2.32. The van der Waals surface area contributed by atoms with Crippen LogP contribution in [0.1, 0.15) is 19.8 Å². The summed E-state index contributed by atoms with van der Waals surface area (Å²) in [5.74, 6) is -1.38. The molecule has 1 fully saturated rings. The van der Waals surface area contributed by atoms with Crippen molar-refractivity contribution in [2.24, 2.45) is 5.92 Å². The first-order valence-corrected chi connectivity index (χ1v) is 4.76. The summed E-state index contributed by atoms with van der Waals surface area (Å²) in [5, 5.41) is 11.2. The van der Waals surface area contributed by atoms with Crippen molar-refractivity contribution >= 4 is 11.9 Å². The molecule has 0 aliphatic carbocycles. The minimum atomic E-state index is -0.986. The molecule has 0 aromatic carbocycles. The lowest BCUT2D eigenvalue weighted by atomic mass is 10.1. The van der Waals surface area contributed by atoms with Crippen LogP contribution < -0.4 is 5.32 Å². The molecule has 14 heavy (non-hydrogen) atoms. The summed E-state index contributed by atoms with van der Waals surface area (Å²) in [5.41, 5.74) is 0. The molecule has 0 unspecified atom stereocenters. The molecular weight excluding hydrogens is 186 g/mol. The molecule has 0 aromatic heterocycles. The standard InChI is InChI=1S/C9H15NO4/c1-2-7(9(12)13)10-8(11)6-3-4-14-5-6/h6-7H,2-5H2,1H3,(H,10,11)(H,12,13)/t6-,7+/m0/s1. The molecule has 1 aliphatic rings. The Labute approximate surface area is 82.4 Å². The number of hydrogen-bond donors (Lipinski definition) is 2. The zero-order chi connectivity index (χ0) is 10.6. The van der Waals surface area contributed by atoms with Gasteiger partial charge in [-0.25, -0.2) is 4.79 Å². The highest BCUT2D eigenvalue weighted by atomic mass is 16.5. The maximum absolute atomic E-state index is 11.5. The quantitative estimate of drug-likeness (QED) is 0.671. The van der Waals surface area contributed by atoms with E-state index in [0.29, 0.717) is 26.1 Å². The number of aliphatic carboxylic acids is 1. The van der Waals surface area contributed by atoms with E-state index in [1.54, 1.807) is 6.92 Å². The summed E-state index contributed by atoms with van der Waals surface area (Å²) in [4.78, 5) is 22.1. The zero-order valence-corrected chi connectivity index (χ0v) is 8.16. The van der Waals surface area contributed by atoms with Crippen LogP contribution in [0.2, 0.25) is 0 Å². The second-order valence-corrected chi connectivity index (χ2v) is 3.37. The van der Waals surface area contributed by atoms with Crippen molar-refractivity contribution in [2.75, 3.05) is 13.2 Å². The van der Waals surface area contributed by atoms with E-state index in [1.165, 1.54) is 0 Å². The average molecular weight is 201 g/mol. The van der Waals surface area contributed by atoms with Crippen LogP contribution in [0.25, 0.3) is 0 Å². The topological polar surface area (TPSA) is 75.6 Å². The van der Waals surface area contributed by atoms with Crippen molar-refractivity contribution in [2.45, 2.75) is 25.8 Å². The van der Waals surface area contributed by atoms with Gasteiger partial charge in [0.15, 0.2) is 0 Å². The summed E-state index contributed by atoms with van der Waals surface area (Å²) in [6.07, 6.45) is 1.08. The Hall–Kier alpha value is -1.10. The molecule has 1 aliphatic heterocycles. The van der Waals surface area contributed by atoms with E-state index in [-0.39, 0.29) is 11.8 Å². The van der Waals surface area contributed by atoms with Crippen molar-refractivity contribution in [3.63, 3.8) is 0 Å². The molecule has 0 aromatic rings. The fourth-order valence-corrected chi connectivity index (χ4v) is 1.37. The maximum Gasteiger partial charge on any atom is 0.326 e. The molecule has 5 heteroatoms. The summed E-state index contributed by atoms with van der Waals surface area (Å²) in [6, 6.07) is -0.775. The number of carbonyl (C=O) groups is 2. The smallest absolute Gasteiger partial charge is 0.326 e. The van der Waals surface area contributed by atoms with E-state index in [4.69, 9.17) is 9.84 Å². The molecule has 1 saturated heterocycles. The van der Waals surface area contributed by atoms with Crippen LogP contribution in [0, 0.1) is 5.92 Å². The van der Waals surface area contributed by atoms with E-state index in [0.717, 1.165) is 0 Å². The highest BCUT2D eigenvalue weighted by molar-refractivity contribution is 5.85. The summed E-state index contributed by atoms with van der Waals surface area (Å²) in [6.45, 7) is 2.72. The molecule has 2 N–H and O–H groups in total. The monoisotopic (exact) mass is 201 g/mol. The molecule has 0 spiro atoms. The van der Waals surface area contributed by atoms with Crippen molar-refractivity contribution in [1.29, 1.82) is 0 Å². The number of nitrogens with one attached hydrogen (secondary N) is 1. The lowest BCUT2D eigenvalue weighted by Gasteiger charge is -2.14.